The van der Waals surface area contributed by atoms with Crippen LogP contribution in [0.1, 0.15) is 18.3 Å². The summed E-state index contributed by atoms with van der Waals surface area (Å²) in [5.74, 6) is -0.198. The van der Waals surface area contributed by atoms with Crippen LogP contribution in [0, 0.1) is 13.8 Å². The molecule has 0 saturated carbocycles. The van der Waals surface area contributed by atoms with Gasteiger partial charge in [-0.05, 0) is 18.1 Å². The molecule has 0 saturated heterocycles. The SMILES string of the molecule is CCOC(=O)C[n+]1c(C)cc(-c2ccccc2)cc1C. The maximum absolute atomic E-state index is 11.6. The number of nitrogens with zero attached hydrogens (tertiary/aromatic N) is 1. The van der Waals surface area contributed by atoms with Crippen molar-refractivity contribution in [3.8, 4) is 11.1 Å². The Bertz CT molecular complexity index is 583. The monoisotopic (exact) mass is 270 g/mol. The fourth-order valence-corrected chi connectivity index (χ4v) is 2.31. The van der Waals surface area contributed by atoms with Crippen molar-refractivity contribution in [3.05, 3.63) is 53.9 Å². The molecule has 0 fully saturated rings. The van der Waals surface area contributed by atoms with E-state index in [-0.39, 0.29) is 12.5 Å². The van der Waals surface area contributed by atoms with Gasteiger partial charge in [0.2, 0.25) is 6.54 Å². The lowest BCUT2D eigenvalue weighted by molar-refractivity contribution is -0.697. The second kappa shape index (κ2) is 6.33. The summed E-state index contributed by atoms with van der Waals surface area (Å²) in [4.78, 5) is 11.6. The first kappa shape index (κ1) is 14.3. The van der Waals surface area contributed by atoms with E-state index in [0.29, 0.717) is 6.61 Å². The number of aryl methyl sites for hydroxylation is 2. The highest BCUT2D eigenvalue weighted by Gasteiger charge is 2.18. The molecular formula is C17H20NO2+. The highest BCUT2D eigenvalue weighted by Crippen LogP contribution is 2.19. The normalized spacial score (nSPS) is 10.3. The first-order valence-corrected chi connectivity index (χ1v) is 6.84. The summed E-state index contributed by atoms with van der Waals surface area (Å²) >= 11 is 0. The van der Waals surface area contributed by atoms with Gasteiger partial charge in [-0.1, -0.05) is 30.3 Å². The quantitative estimate of drug-likeness (QED) is 0.631. The number of ether oxygens (including phenoxy) is 1. The molecule has 2 rings (SSSR count). The summed E-state index contributed by atoms with van der Waals surface area (Å²) in [6.45, 7) is 6.53. The molecule has 0 aliphatic heterocycles. The number of carbonyl (C=O) groups excluding carboxylic acids is 1. The molecule has 3 nitrogen and oxygen atoms in total. The lowest BCUT2D eigenvalue weighted by atomic mass is 10.0. The van der Waals surface area contributed by atoms with Crippen molar-refractivity contribution >= 4 is 5.97 Å². The van der Waals surface area contributed by atoms with Gasteiger partial charge in [0.1, 0.15) is 0 Å². The summed E-state index contributed by atoms with van der Waals surface area (Å²) in [5.41, 5.74) is 4.46. The third-order valence-electron chi connectivity index (χ3n) is 3.28. The van der Waals surface area contributed by atoms with Gasteiger partial charge in [-0.15, -0.1) is 0 Å². The lowest BCUT2D eigenvalue weighted by Crippen LogP contribution is -2.44. The van der Waals surface area contributed by atoms with Gasteiger partial charge in [0.15, 0.2) is 11.4 Å². The van der Waals surface area contributed by atoms with Crippen molar-refractivity contribution in [2.45, 2.75) is 27.3 Å². The average molecular weight is 270 g/mol. The third kappa shape index (κ3) is 3.23. The number of pyridine rings is 1. The van der Waals surface area contributed by atoms with Gasteiger partial charge in [0, 0.05) is 26.0 Å². The summed E-state index contributed by atoms with van der Waals surface area (Å²) in [5, 5.41) is 0. The zero-order chi connectivity index (χ0) is 14.5. The Morgan fingerprint density at radius 2 is 1.65 bits per heavy atom. The summed E-state index contributed by atoms with van der Waals surface area (Å²) in [7, 11) is 0. The zero-order valence-electron chi connectivity index (χ0n) is 12.2. The van der Waals surface area contributed by atoms with Crippen LogP contribution in [0.25, 0.3) is 11.1 Å². The molecule has 0 spiro atoms. The number of benzene rings is 1. The van der Waals surface area contributed by atoms with E-state index in [0.717, 1.165) is 11.4 Å². The maximum Gasteiger partial charge on any atom is 0.372 e. The number of hydrogen-bond acceptors (Lipinski definition) is 2. The fourth-order valence-electron chi connectivity index (χ4n) is 2.31. The summed E-state index contributed by atoms with van der Waals surface area (Å²) in [6.07, 6.45) is 0. The van der Waals surface area contributed by atoms with Crippen LogP contribution < -0.4 is 4.57 Å². The second-order valence-corrected chi connectivity index (χ2v) is 4.78. The molecule has 0 aliphatic carbocycles. The highest BCUT2D eigenvalue weighted by atomic mass is 16.5. The minimum absolute atomic E-state index is 0.198. The molecule has 1 aromatic heterocycles. The molecule has 104 valence electrons. The van der Waals surface area contributed by atoms with Gasteiger partial charge in [0.05, 0.1) is 6.61 Å². The van der Waals surface area contributed by atoms with E-state index in [1.165, 1.54) is 11.1 Å². The van der Waals surface area contributed by atoms with E-state index in [1.807, 2.05) is 43.5 Å². The molecular weight excluding hydrogens is 250 g/mol. The number of rotatable bonds is 4. The molecule has 0 N–H and O–H groups in total. The predicted molar refractivity (Wildman–Crippen MR) is 78.2 cm³/mol. The first-order chi connectivity index (χ1) is 9.61. The van der Waals surface area contributed by atoms with Gasteiger partial charge < -0.3 is 4.74 Å². The topological polar surface area (TPSA) is 30.2 Å². The second-order valence-electron chi connectivity index (χ2n) is 4.78. The number of esters is 1. The molecule has 0 atom stereocenters. The van der Waals surface area contributed by atoms with Crippen LogP contribution in [0.15, 0.2) is 42.5 Å². The molecule has 20 heavy (non-hydrogen) atoms. The number of aromatic nitrogens is 1. The third-order valence-corrected chi connectivity index (χ3v) is 3.28. The molecule has 3 heteroatoms. The number of carbonyl (C=O) groups is 1. The van der Waals surface area contributed by atoms with Crippen molar-refractivity contribution < 1.29 is 14.1 Å². The standard InChI is InChI=1S/C17H20NO2/c1-4-20-17(19)12-18-13(2)10-16(11-14(18)3)15-8-6-5-7-9-15/h5-11H,4,12H2,1-3H3/q+1. The van der Waals surface area contributed by atoms with Crippen molar-refractivity contribution in [1.29, 1.82) is 0 Å². The van der Waals surface area contributed by atoms with Gasteiger partial charge in [0.25, 0.3) is 0 Å². The van der Waals surface area contributed by atoms with Gasteiger partial charge in [-0.25, -0.2) is 4.79 Å². The average Bonchev–Trinajstić information content (AvgIpc) is 2.44. The minimum Gasteiger partial charge on any atom is -0.461 e. The van der Waals surface area contributed by atoms with Crippen molar-refractivity contribution in [1.82, 2.24) is 0 Å². The van der Waals surface area contributed by atoms with Crippen LogP contribution in [0.2, 0.25) is 0 Å². The molecule has 0 amide bonds. The molecule has 1 heterocycles. The molecule has 0 unspecified atom stereocenters. The molecule has 1 aromatic carbocycles. The fraction of sp³-hybridized carbons (Fsp3) is 0.294. The Morgan fingerprint density at radius 3 is 2.20 bits per heavy atom. The Morgan fingerprint density at radius 1 is 1.05 bits per heavy atom. The van der Waals surface area contributed by atoms with Crippen LogP contribution >= 0.6 is 0 Å². The first-order valence-electron chi connectivity index (χ1n) is 6.84. The van der Waals surface area contributed by atoms with Crippen molar-refractivity contribution in [2.24, 2.45) is 0 Å². The Labute approximate surface area is 119 Å². The Balaban J connectivity index is 2.32. The van der Waals surface area contributed by atoms with Gasteiger partial charge >= 0.3 is 5.97 Å². The van der Waals surface area contributed by atoms with Crippen LogP contribution in [-0.4, -0.2) is 12.6 Å². The van der Waals surface area contributed by atoms with Gasteiger partial charge in [-0.3, -0.25) is 0 Å². The number of hydrogen-bond donors (Lipinski definition) is 0. The van der Waals surface area contributed by atoms with Crippen LogP contribution in [-0.2, 0) is 16.1 Å². The largest absolute Gasteiger partial charge is 0.461 e. The van der Waals surface area contributed by atoms with Crippen LogP contribution in [0.5, 0.6) is 0 Å². The van der Waals surface area contributed by atoms with E-state index < -0.39 is 0 Å². The Kier molecular flexibility index (Phi) is 4.51. The minimum atomic E-state index is -0.198. The van der Waals surface area contributed by atoms with Crippen LogP contribution in [0.3, 0.4) is 0 Å². The van der Waals surface area contributed by atoms with Crippen LogP contribution in [0.4, 0.5) is 0 Å². The molecule has 0 bridgehead atoms. The van der Waals surface area contributed by atoms with E-state index in [9.17, 15) is 4.79 Å². The molecule has 0 radical (unpaired) electrons. The van der Waals surface area contributed by atoms with Crippen molar-refractivity contribution in [3.63, 3.8) is 0 Å². The zero-order valence-corrected chi connectivity index (χ0v) is 12.2. The van der Waals surface area contributed by atoms with E-state index in [2.05, 4.69) is 24.3 Å². The smallest absolute Gasteiger partial charge is 0.372 e. The molecule has 0 aliphatic rings. The van der Waals surface area contributed by atoms with Crippen molar-refractivity contribution in [2.75, 3.05) is 6.61 Å². The van der Waals surface area contributed by atoms with E-state index >= 15 is 0 Å². The lowest BCUT2D eigenvalue weighted by Gasteiger charge is -2.07. The maximum atomic E-state index is 11.6. The summed E-state index contributed by atoms with van der Waals surface area (Å²) < 4.78 is 6.99. The van der Waals surface area contributed by atoms with E-state index in [4.69, 9.17) is 4.74 Å². The Hall–Kier alpha value is -2.16. The van der Waals surface area contributed by atoms with Gasteiger partial charge in [-0.2, -0.15) is 4.57 Å². The molecule has 2 aromatic rings. The summed E-state index contributed by atoms with van der Waals surface area (Å²) in [6, 6.07) is 14.4. The predicted octanol–water partition coefficient (Wildman–Crippen LogP) is 2.82. The van der Waals surface area contributed by atoms with E-state index in [1.54, 1.807) is 0 Å². The highest BCUT2D eigenvalue weighted by molar-refractivity contribution is 5.68.